The van der Waals surface area contributed by atoms with Crippen molar-refractivity contribution in [1.29, 1.82) is 0 Å². The first kappa shape index (κ1) is 13.0. The number of ether oxygens (including phenoxy) is 1. The highest BCUT2D eigenvalue weighted by molar-refractivity contribution is 4.77. The number of hydrogen-bond acceptors (Lipinski definition) is 1. The van der Waals surface area contributed by atoms with E-state index in [1.54, 1.807) is 0 Å². The molecule has 0 spiro atoms. The standard InChI is InChI=1S/C8H16O.C4H10/c1-7-4-5-9-6-8(7,2)3;1-4(2)3/h7H,4-6H2,1-3H3;4H,1-3H3. The Morgan fingerprint density at radius 2 is 1.69 bits per heavy atom. The highest BCUT2D eigenvalue weighted by atomic mass is 16.5. The molecule has 0 amide bonds. The Bertz CT molecular complexity index is 124. The molecule has 1 heteroatoms. The van der Waals surface area contributed by atoms with Crippen molar-refractivity contribution in [2.75, 3.05) is 13.2 Å². The molecule has 80 valence electrons. The predicted molar refractivity (Wildman–Crippen MR) is 58.9 cm³/mol. The lowest BCUT2D eigenvalue weighted by molar-refractivity contribution is -0.0247. The molecule has 0 N–H and O–H groups in total. The molecule has 0 bridgehead atoms. The molecular weight excluding hydrogens is 160 g/mol. The summed E-state index contributed by atoms with van der Waals surface area (Å²) < 4.78 is 5.36. The first-order valence-electron chi connectivity index (χ1n) is 5.44. The highest BCUT2D eigenvalue weighted by Crippen LogP contribution is 2.32. The molecule has 1 unspecified atom stereocenters. The quantitative estimate of drug-likeness (QED) is 0.560. The van der Waals surface area contributed by atoms with Crippen LogP contribution in [0.3, 0.4) is 0 Å². The predicted octanol–water partition coefficient (Wildman–Crippen LogP) is 3.73. The molecule has 0 aromatic heterocycles. The van der Waals surface area contributed by atoms with Crippen LogP contribution >= 0.6 is 0 Å². The van der Waals surface area contributed by atoms with E-state index >= 15 is 0 Å². The summed E-state index contributed by atoms with van der Waals surface area (Å²) >= 11 is 0. The Morgan fingerprint density at radius 3 is 1.92 bits per heavy atom. The maximum absolute atomic E-state index is 5.36. The number of hydrogen-bond donors (Lipinski definition) is 0. The third-order valence-electron chi connectivity index (χ3n) is 2.50. The van der Waals surface area contributed by atoms with Gasteiger partial charge >= 0.3 is 0 Å². The van der Waals surface area contributed by atoms with Gasteiger partial charge in [0.2, 0.25) is 0 Å². The molecule has 0 radical (unpaired) electrons. The molecule has 0 aromatic carbocycles. The summed E-state index contributed by atoms with van der Waals surface area (Å²) in [5.41, 5.74) is 0.415. The van der Waals surface area contributed by atoms with Gasteiger partial charge in [-0.1, -0.05) is 41.5 Å². The van der Waals surface area contributed by atoms with Crippen molar-refractivity contribution in [1.82, 2.24) is 0 Å². The van der Waals surface area contributed by atoms with Crippen molar-refractivity contribution < 1.29 is 4.74 Å². The van der Waals surface area contributed by atoms with Crippen LogP contribution in [-0.2, 0) is 4.74 Å². The van der Waals surface area contributed by atoms with E-state index in [1.807, 2.05) is 0 Å². The van der Waals surface area contributed by atoms with E-state index in [-0.39, 0.29) is 0 Å². The van der Waals surface area contributed by atoms with Crippen molar-refractivity contribution in [3.8, 4) is 0 Å². The summed E-state index contributed by atoms with van der Waals surface area (Å²) in [6.07, 6.45) is 1.23. The van der Waals surface area contributed by atoms with Gasteiger partial charge in [-0.2, -0.15) is 0 Å². The van der Waals surface area contributed by atoms with Gasteiger partial charge < -0.3 is 4.74 Å². The molecule has 1 atom stereocenters. The molecule has 1 fully saturated rings. The highest BCUT2D eigenvalue weighted by Gasteiger charge is 2.28. The first-order chi connectivity index (χ1) is 5.86. The van der Waals surface area contributed by atoms with Crippen LogP contribution < -0.4 is 0 Å². The third kappa shape index (κ3) is 6.09. The second-order valence-corrected chi connectivity index (χ2v) is 5.46. The summed E-state index contributed by atoms with van der Waals surface area (Å²) in [6, 6.07) is 0. The molecule has 1 saturated heterocycles. The molecule has 1 heterocycles. The van der Waals surface area contributed by atoms with Crippen molar-refractivity contribution in [2.45, 2.75) is 48.0 Å². The van der Waals surface area contributed by atoms with Crippen molar-refractivity contribution in [3.05, 3.63) is 0 Å². The van der Waals surface area contributed by atoms with Gasteiger partial charge in [0, 0.05) is 6.61 Å². The third-order valence-corrected chi connectivity index (χ3v) is 2.50. The van der Waals surface area contributed by atoms with Crippen LogP contribution in [0.2, 0.25) is 0 Å². The SMILES string of the molecule is CC(C)C.CC1CCOCC1(C)C. The monoisotopic (exact) mass is 186 g/mol. The molecular formula is C12H26O. The molecule has 0 saturated carbocycles. The van der Waals surface area contributed by atoms with Gasteiger partial charge in [0.15, 0.2) is 0 Å². The fourth-order valence-electron chi connectivity index (χ4n) is 1.13. The van der Waals surface area contributed by atoms with Gasteiger partial charge in [-0.15, -0.1) is 0 Å². The van der Waals surface area contributed by atoms with Gasteiger partial charge in [-0.05, 0) is 23.7 Å². The normalized spacial score (nSPS) is 26.5. The second-order valence-electron chi connectivity index (χ2n) is 5.46. The second kappa shape index (κ2) is 5.64. The van der Waals surface area contributed by atoms with Crippen LogP contribution in [0.25, 0.3) is 0 Å². The van der Waals surface area contributed by atoms with E-state index in [0.29, 0.717) is 5.41 Å². The van der Waals surface area contributed by atoms with E-state index in [9.17, 15) is 0 Å². The zero-order chi connectivity index (χ0) is 10.5. The van der Waals surface area contributed by atoms with E-state index in [4.69, 9.17) is 4.74 Å². The average molecular weight is 186 g/mol. The van der Waals surface area contributed by atoms with Gasteiger partial charge in [-0.25, -0.2) is 0 Å². The van der Waals surface area contributed by atoms with Gasteiger partial charge in [0.1, 0.15) is 0 Å². The largest absolute Gasteiger partial charge is 0.381 e. The average Bonchev–Trinajstić information content (AvgIpc) is 1.94. The topological polar surface area (TPSA) is 9.23 Å². The lowest BCUT2D eigenvalue weighted by atomic mass is 9.78. The molecule has 13 heavy (non-hydrogen) atoms. The smallest absolute Gasteiger partial charge is 0.0519 e. The summed E-state index contributed by atoms with van der Waals surface area (Å²) in [5.74, 6) is 1.66. The Labute approximate surface area is 83.9 Å². The van der Waals surface area contributed by atoms with Crippen molar-refractivity contribution in [3.63, 3.8) is 0 Å². The minimum atomic E-state index is 0.415. The van der Waals surface area contributed by atoms with E-state index in [2.05, 4.69) is 41.5 Å². The van der Waals surface area contributed by atoms with Gasteiger partial charge in [-0.3, -0.25) is 0 Å². The molecule has 1 nitrogen and oxygen atoms in total. The van der Waals surface area contributed by atoms with Crippen LogP contribution in [0.1, 0.15) is 48.0 Å². The van der Waals surface area contributed by atoms with Crippen LogP contribution in [0.4, 0.5) is 0 Å². The summed E-state index contributed by atoms with van der Waals surface area (Å²) in [4.78, 5) is 0. The lowest BCUT2D eigenvalue weighted by Crippen LogP contribution is -2.33. The summed E-state index contributed by atoms with van der Waals surface area (Å²) in [6.45, 7) is 15.3. The zero-order valence-corrected chi connectivity index (χ0v) is 10.2. The molecule has 1 aliphatic rings. The zero-order valence-electron chi connectivity index (χ0n) is 10.2. The summed E-state index contributed by atoms with van der Waals surface area (Å²) in [5, 5.41) is 0. The first-order valence-corrected chi connectivity index (χ1v) is 5.44. The molecule has 0 aromatic rings. The maximum atomic E-state index is 5.36. The molecule has 1 aliphatic heterocycles. The van der Waals surface area contributed by atoms with Crippen LogP contribution in [0.15, 0.2) is 0 Å². The van der Waals surface area contributed by atoms with E-state index in [1.165, 1.54) is 6.42 Å². The van der Waals surface area contributed by atoms with E-state index in [0.717, 1.165) is 25.0 Å². The summed E-state index contributed by atoms with van der Waals surface area (Å²) in [7, 11) is 0. The fourth-order valence-corrected chi connectivity index (χ4v) is 1.13. The van der Waals surface area contributed by atoms with E-state index < -0.39 is 0 Å². The molecule has 0 aliphatic carbocycles. The Morgan fingerprint density at radius 1 is 1.23 bits per heavy atom. The molecule has 1 rings (SSSR count). The maximum Gasteiger partial charge on any atom is 0.0519 e. The van der Waals surface area contributed by atoms with Crippen LogP contribution in [-0.4, -0.2) is 13.2 Å². The Hall–Kier alpha value is -0.0400. The van der Waals surface area contributed by atoms with Gasteiger partial charge in [0.25, 0.3) is 0 Å². The lowest BCUT2D eigenvalue weighted by Gasteiger charge is -2.35. The van der Waals surface area contributed by atoms with Crippen LogP contribution in [0, 0.1) is 17.3 Å². The Balaban J connectivity index is 0.000000310. The van der Waals surface area contributed by atoms with Crippen molar-refractivity contribution >= 4 is 0 Å². The fraction of sp³-hybridized carbons (Fsp3) is 1.00. The van der Waals surface area contributed by atoms with Crippen LogP contribution in [0.5, 0.6) is 0 Å². The van der Waals surface area contributed by atoms with Crippen molar-refractivity contribution in [2.24, 2.45) is 17.3 Å². The minimum absolute atomic E-state index is 0.415. The number of rotatable bonds is 0. The minimum Gasteiger partial charge on any atom is -0.381 e. The Kier molecular flexibility index (Phi) is 5.62. The van der Waals surface area contributed by atoms with Gasteiger partial charge in [0.05, 0.1) is 6.61 Å².